The van der Waals surface area contributed by atoms with Gasteiger partial charge in [0.15, 0.2) is 0 Å². The van der Waals surface area contributed by atoms with Gasteiger partial charge in [-0.05, 0) is 25.5 Å². The lowest BCUT2D eigenvalue weighted by molar-refractivity contribution is 0.101. The van der Waals surface area contributed by atoms with E-state index in [1.165, 1.54) is 18.6 Å². The van der Waals surface area contributed by atoms with Crippen molar-refractivity contribution in [3.63, 3.8) is 0 Å². The van der Waals surface area contributed by atoms with Gasteiger partial charge in [0.05, 0.1) is 13.2 Å². The summed E-state index contributed by atoms with van der Waals surface area (Å²) in [6.07, 6.45) is 2.27. The topological polar surface area (TPSA) is 21.3 Å². The predicted octanol–water partition coefficient (Wildman–Crippen LogP) is 2.23. The number of benzene rings is 1. The van der Waals surface area contributed by atoms with Crippen molar-refractivity contribution in [3.8, 4) is 0 Å². The van der Waals surface area contributed by atoms with Crippen LogP contribution in [0.3, 0.4) is 0 Å². The van der Waals surface area contributed by atoms with E-state index >= 15 is 0 Å². The zero-order valence-corrected chi connectivity index (χ0v) is 9.01. The molecule has 0 saturated carbocycles. The maximum absolute atomic E-state index is 13.2. The summed E-state index contributed by atoms with van der Waals surface area (Å²) in [6.45, 7) is 1.81. The molecule has 2 rings (SSSR count). The van der Waals surface area contributed by atoms with Crippen molar-refractivity contribution in [2.45, 2.75) is 25.5 Å². The highest BCUT2D eigenvalue weighted by atomic mass is 19.1. The second kappa shape index (κ2) is 5.37. The monoisotopic (exact) mass is 227 g/mol. The van der Waals surface area contributed by atoms with Gasteiger partial charge in [-0.1, -0.05) is 6.07 Å². The SMILES string of the molecule is Fc1ccc(COCC2CCCN2)c(F)c1. The maximum atomic E-state index is 13.2. The first-order chi connectivity index (χ1) is 7.75. The third-order valence-electron chi connectivity index (χ3n) is 2.75. The fourth-order valence-electron chi connectivity index (χ4n) is 1.85. The fourth-order valence-corrected chi connectivity index (χ4v) is 1.85. The summed E-state index contributed by atoms with van der Waals surface area (Å²) in [5.41, 5.74) is 0.402. The first-order valence-corrected chi connectivity index (χ1v) is 5.51. The zero-order valence-electron chi connectivity index (χ0n) is 9.01. The van der Waals surface area contributed by atoms with Crippen LogP contribution in [0.4, 0.5) is 8.78 Å². The van der Waals surface area contributed by atoms with Gasteiger partial charge < -0.3 is 10.1 Å². The lowest BCUT2D eigenvalue weighted by Crippen LogP contribution is -2.26. The molecule has 1 atom stereocenters. The van der Waals surface area contributed by atoms with Crippen molar-refractivity contribution >= 4 is 0 Å². The molecule has 1 aromatic carbocycles. The van der Waals surface area contributed by atoms with E-state index in [0.717, 1.165) is 19.0 Å². The van der Waals surface area contributed by atoms with E-state index in [-0.39, 0.29) is 6.61 Å². The number of rotatable bonds is 4. The molecule has 0 aliphatic carbocycles. The van der Waals surface area contributed by atoms with Crippen LogP contribution in [-0.4, -0.2) is 19.2 Å². The van der Waals surface area contributed by atoms with Gasteiger partial charge in [0.2, 0.25) is 0 Å². The van der Waals surface area contributed by atoms with Crippen molar-refractivity contribution < 1.29 is 13.5 Å². The van der Waals surface area contributed by atoms with Gasteiger partial charge in [0.25, 0.3) is 0 Å². The Morgan fingerprint density at radius 3 is 2.94 bits per heavy atom. The Bertz CT molecular complexity index is 351. The quantitative estimate of drug-likeness (QED) is 0.851. The van der Waals surface area contributed by atoms with Crippen molar-refractivity contribution in [2.24, 2.45) is 0 Å². The Hall–Kier alpha value is -1.00. The first kappa shape index (κ1) is 11.5. The summed E-state index contributed by atoms with van der Waals surface area (Å²) >= 11 is 0. The van der Waals surface area contributed by atoms with Crippen molar-refractivity contribution in [3.05, 3.63) is 35.4 Å². The van der Waals surface area contributed by atoms with E-state index in [4.69, 9.17) is 4.74 Å². The maximum Gasteiger partial charge on any atom is 0.131 e. The molecule has 0 aromatic heterocycles. The molecule has 1 aromatic rings. The van der Waals surface area contributed by atoms with Crippen LogP contribution in [0.1, 0.15) is 18.4 Å². The zero-order chi connectivity index (χ0) is 11.4. The lowest BCUT2D eigenvalue weighted by Gasteiger charge is -2.11. The summed E-state index contributed by atoms with van der Waals surface area (Å²) < 4.78 is 31.2. The van der Waals surface area contributed by atoms with E-state index in [9.17, 15) is 8.78 Å². The molecule has 2 nitrogen and oxygen atoms in total. The molecule has 1 heterocycles. The number of ether oxygens (including phenoxy) is 1. The highest BCUT2D eigenvalue weighted by molar-refractivity contribution is 5.17. The molecule has 16 heavy (non-hydrogen) atoms. The molecule has 4 heteroatoms. The van der Waals surface area contributed by atoms with E-state index < -0.39 is 11.6 Å². The molecule has 1 aliphatic heterocycles. The number of hydrogen-bond donors (Lipinski definition) is 1. The molecule has 1 unspecified atom stereocenters. The van der Waals surface area contributed by atoms with E-state index in [0.29, 0.717) is 18.2 Å². The Morgan fingerprint density at radius 1 is 1.38 bits per heavy atom. The standard InChI is InChI=1S/C12H15F2NO/c13-10-4-3-9(12(14)6-10)7-16-8-11-2-1-5-15-11/h3-4,6,11,15H,1-2,5,7-8H2. The molecule has 1 saturated heterocycles. The normalized spacial score (nSPS) is 20.2. The van der Waals surface area contributed by atoms with Gasteiger partial charge in [-0.3, -0.25) is 0 Å². The van der Waals surface area contributed by atoms with Crippen LogP contribution >= 0.6 is 0 Å². The first-order valence-electron chi connectivity index (χ1n) is 5.51. The van der Waals surface area contributed by atoms with Crippen molar-refractivity contribution in [1.29, 1.82) is 0 Å². The number of halogens is 2. The van der Waals surface area contributed by atoms with Crippen LogP contribution in [0.25, 0.3) is 0 Å². The molecule has 88 valence electrons. The lowest BCUT2D eigenvalue weighted by atomic mass is 10.2. The Morgan fingerprint density at radius 2 is 2.25 bits per heavy atom. The van der Waals surface area contributed by atoms with Crippen LogP contribution < -0.4 is 5.32 Å². The van der Waals surface area contributed by atoms with Gasteiger partial charge in [-0.15, -0.1) is 0 Å². The molecule has 0 spiro atoms. The molecule has 1 aliphatic rings. The average Bonchev–Trinajstić information content (AvgIpc) is 2.74. The Labute approximate surface area is 93.6 Å². The van der Waals surface area contributed by atoms with Crippen LogP contribution in [0, 0.1) is 11.6 Å². The second-order valence-electron chi connectivity index (χ2n) is 4.04. The van der Waals surface area contributed by atoms with Gasteiger partial charge >= 0.3 is 0 Å². The minimum atomic E-state index is -0.557. The van der Waals surface area contributed by atoms with Crippen LogP contribution in [0.2, 0.25) is 0 Å². The van der Waals surface area contributed by atoms with Crippen LogP contribution in [0.15, 0.2) is 18.2 Å². The molecule has 1 fully saturated rings. The second-order valence-corrected chi connectivity index (χ2v) is 4.04. The smallest absolute Gasteiger partial charge is 0.131 e. The Balaban J connectivity index is 1.80. The van der Waals surface area contributed by atoms with Crippen LogP contribution in [-0.2, 0) is 11.3 Å². The molecule has 0 amide bonds. The van der Waals surface area contributed by atoms with Gasteiger partial charge in [0.1, 0.15) is 11.6 Å². The minimum Gasteiger partial charge on any atom is -0.375 e. The highest BCUT2D eigenvalue weighted by Crippen LogP contribution is 2.12. The van der Waals surface area contributed by atoms with E-state index in [2.05, 4.69) is 5.32 Å². The minimum absolute atomic E-state index is 0.199. The van der Waals surface area contributed by atoms with E-state index in [1.807, 2.05) is 0 Å². The summed E-state index contributed by atoms with van der Waals surface area (Å²) in [6, 6.07) is 3.93. The molecule has 0 bridgehead atoms. The predicted molar refractivity (Wildman–Crippen MR) is 57.0 cm³/mol. The average molecular weight is 227 g/mol. The molecule has 1 N–H and O–H groups in total. The van der Waals surface area contributed by atoms with Crippen molar-refractivity contribution in [1.82, 2.24) is 5.32 Å². The largest absolute Gasteiger partial charge is 0.375 e. The van der Waals surface area contributed by atoms with Gasteiger partial charge in [0, 0.05) is 17.7 Å². The van der Waals surface area contributed by atoms with E-state index in [1.54, 1.807) is 0 Å². The molecule has 0 radical (unpaired) electrons. The fraction of sp³-hybridized carbons (Fsp3) is 0.500. The number of nitrogens with one attached hydrogen (secondary N) is 1. The van der Waals surface area contributed by atoms with Gasteiger partial charge in [-0.25, -0.2) is 8.78 Å². The summed E-state index contributed by atoms with van der Waals surface area (Å²) in [5, 5.41) is 3.29. The third kappa shape index (κ3) is 3.00. The summed E-state index contributed by atoms with van der Waals surface area (Å²) in [4.78, 5) is 0. The van der Waals surface area contributed by atoms with Crippen molar-refractivity contribution in [2.75, 3.05) is 13.2 Å². The molecular formula is C12H15F2NO. The van der Waals surface area contributed by atoms with Crippen LogP contribution in [0.5, 0.6) is 0 Å². The van der Waals surface area contributed by atoms with Gasteiger partial charge in [-0.2, -0.15) is 0 Å². The summed E-state index contributed by atoms with van der Waals surface area (Å²) in [7, 11) is 0. The highest BCUT2D eigenvalue weighted by Gasteiger charge is 2.14. The summed E-state index contributed by atoms with van der Waals surface area (Å²) in [5.74, 6) is -1.10. The third-order valence-corrected chi connectivity index (χ3v) is 2.75. The molecular weight excluding hydrogens is 212 g/mol. The number of hydrogen-bond acceptors (Lipinski definition) is 2. The Kier molecular flexibility index (Phi) is 3.85.